The standard InChI is InChI=1S/C28H37N5O.C8H10/c1-6-25(29-21(3)17-23-19-24(34-5)9-7-20(23)2)28-30-26-10-8-22(18-27(26)31-28)11-12-33-15-13-32(4)14-16-33;1-2-8-6-4-3-5-7-8/h6-10,18-19H,11-17H2,1-5H3,(H,30,31);3-7H,2H2,1H3/b25-6-,29-21?;. The van der Waals surface area contributed by atoms with Crippen LogP contribution in [0.1, 0.15) is 48.8 Å². The minimum atomic E-state index is 0.775. The fraction of sp³-hybridized carbons (Fsp3) is 0.389. The summed E-state index contributed by atoms with van der Waals surface area (Å²) >= 11 is 0. The quantitative estimate of drug-likeness (QED) is 0.222. The summed E-state index contributed by atoms with van der Waals surface area (Å²) in [5, 5.41) is 0. The van der Waals surface area contributed by atoms with E-state index >= 15 is 0 Å². The summed E-state index contributed by atoms with van der Waals surface area (Å²) in [5.41, 5.74) is 9.18. The van der Waals surface area contributed by atoms with Crippen LogP contribution in [-0.2, 0) is 19.3 Å². The molecule has 1 saturated heterocycles. The molecule has 42 heavy (non-hydrogen) atoms. The predicted molar refractivity (Wildman–Crippen MR) is 178 cm³/mol. The number of rotatable bonds is 9. The highest BCUT2D eigenvalue weighted by molar-refractivity contribution is 5.90. The van der Waals surface area contributed by atoms with E-state index in [1.807, 2.05) is 25.1 Å². The van der Waals surface area contributed by atoms with Gasteiger partial charge in [0.05, 0.1) is 18.1 Å². The molecule has 2 heterocycles. The Morgan fingerprint density at radius 3 is 2.43 bits per heavy atom. The fourth-order valence-electron chi connectivity index (χ4n) is 5.15. The SMILES string of the molecule is C/C=C(\N=C(C)Cc1cc(OC)ccc1C)c1nc2ccc(CCN3CCN(C)CC3)cc2[nH]1.CCc1ccccc1. The maximum atomic E-state index is 5.39. The number of fused-ring (bicyclic) bond motifs is 1. The average Bonchev–Trinajstić information content (AvgIpc) is 3.45. The number of hydrogen-bond acceptors (Lipinski definition) is 5. The molecule has 6 nitrogen and oxygen atoms in total. The molecule has 0 amide bonds. The Morgan fingerprint density at radius 1 is 1.00 bits per heavy atom. The smallest absolute Gasteiger partial charge is 0.156 e. The number of likely N-dealkylation sites (N-methyl/N-ethyl adjacent to an activating group) is 1. The molecule has 1 aliphatic rings. The number of benzene rings is 3. The highest BCUT2D eigenvalue weighted by atomic mass is 16.5. The second-order valence-electron chi connectivity index (χ2n) is 11.2. The number of aromatic nitrogens is 2. The molecular formula is C36H47N5O. The molecular weight excluding hydrogens is 518 g/mol. The molecule has 0 aliphatic carbocycles. The number of methoxy groups -OCH3 is 1. The minimum Gasteiger partial charge on any atom is -0.497 e. The van der Waals surface area contributed by atoms with Crippen LogP contribution in [0.3, 0.4) is 0 Å². The van der Waals surface area contributed by atoms with Crippen LogP contribution in [0.5, 0.6) is 5.75 Å². The first-order valence-corrected chi connectivity index (χ1v) is 15.2. The summed E-state index contributed by atoms with van der Waals surface area (Å²) in [4.78, 5) is 18.2. The maximum absolute atomic E-state index is 5.39. The minimum absolute atomic E-state index is 0.775. The number of hydrogen-bond donors (Lipinski definition) is 1. The molecule has 3 aromatic carbocycles. The number of H-pyrrole nitrogens is 1. The Hall–Kier alpha value is -3.74. The van der Waals surface area contributed by atoms with Gasteiger partial charge in [-0.2, -0.15) is 0 Å². The molecule has 0 bridgehead atoms. The Bertz CT molecular complexity index is 1480. The number of aliphatic imine (C=N–C) groups is 1. The van der Waals surface area contributed by atoms with Gasteiger partial charge in [-0.05, 0) is 87.2 Å². The van der Waals surface area contributed by atoms with E-state index in [1.54, 1.807) is 7.11 Å². The largest absolute Gasteiger partial charge is 0.497 e. The third kappa shape index (κ3) is 8.88. The lowest BCUT2D eigenvalue weighted by atomic mass is 10.0. The first-order chi connectivity index (χ1) is 20.4. The van der Waals surface area contributed by atoms with Crippen LogP contribution < -0.4 is 4.74 Å². The van der Waals surface area contributed by atoms with Gasteiger partial charge in [0.15, 0.2) is 5.82 Å². The molecule has 1 N–H and O–H groups in total. The molecule has 1 aromatic heterocycles. The van der Waals surface area contributed by atoms with Gasteiger partial charge in [-0.25, -0.2) is 4.98 Å². The molecule has 0 saturated carbocycles. The first kappa shape index (κ1) is 31.2. The predicted octanol–water partition coefficient (Wildman–Crippen LogP) is 6.98. The van der Waals surface area contributed by atoms with Crippen molar-refractivity contribution in [2.75, 3.05) is 46.9 Å². The molecule has 0 radical (unpaired) electrons. The first-order valence-electron chi connectivity index (χ1n) is 15.2. The summed E-state index contributed by atoms with van der Waals surface area (Å²) in [7, 11) is 3.90. The Labute approximate surface area is 252 Å². The Kier molecular flexibility index (Phi) is 11.5. The highest BCUT2D eigenvalue weighted by Crippen LogP contribution is 2.22. The molecule has 4 aromatic rings. The number of piperazine rings is 1. The monoisotopic (exact) mass is 565 g/mol. The van der Waals surface area contributed by atoms with Gasteiger partial charge in [-0.3, -0.25) is 4.99 Å². The van der Waals surface area contributed by atoms with Crippen LogP contribution in [0.15, 0.2) is 77.8 Å². The van der Waals surface area contributed by atoms with Crippen molar-refractivity contribution in [2.45, 2.75) is 47.0 Å². The van der Waals surface area contributed by atoms with Crippen LogP contribution in [0.4, 0.5) is 0 Å². The average molecular weight is 566 g/mol. The second kappa shape index (κ2) is 15.5. The van der Waals surface area contributed by atoms with Crippen molar-refractivity contribution in [3.05, 3.63) is 101 Å². The van der Waals surface area contributed by atoms with Crippen molar-refractivity contribution >= 4 is 22.4 Å². The van der Waals surface area contributed by atoms with E-state index in [0.29, 0.717) is 0 Å². The number of aromatic amines is 1. The van der Waals surface area contributed by atoms with Gasteiger partial charge >= 0.3 is 0 Å². The van der Waals surface area contributed by atoms with Crippen LogP contribution in [0.25, 0.3) is 16.7 Å². The second-order valence-corrected chi connectivity index (χ2v) is 11.2. The van der Waals surface area contributed by atoms with Crippen molar-refractivity contribution in [2.24, 2.45) is 4.99 Å². The number of nitrogens with one attached hydrogen (secondary N) is 1. The molecule has 0 spiro atoms. The summed E-state index contributed by atoms with van der Waals surface area (Å²) in [6.45, 7) is 14.1. The van der Waals surface area contributed by atoms with Crippen molar-refractivity contribution in [1.29, 1.82) is 0 Å². The van der Waals surface area contributed by atoms with Crippen molar-refractivity contribution in [3.8, 4) is 5.75 Å². The Morgan fingerprint density at radius 2 is 1.76 bits per heavy atom. The van der Waals surface area contributed by atoms with Gasteiger partial charge in [0.25, 0.3) is 0 Å². The zero-order chi connectivity index (χ0) is 29.9. The molecule has 1 fully saturated rings. The lowest BCUT2D eigenvalue weighted by Crippen LogP contribution is -2.45. The molecule has 0 atom stereocenters. The number of imidazole rings is 1. The zero-order valence-corrected chi connectivity index (χ0v) is 26.3. The van der Waals surface area contributed by atoms with Crippen LogP contribution in [0.2, 0.25) is 0 Å². The van der Waals surface area contributed by atoms with E-state index in [0.717, 1.165) is 86.0 Å². The number of ether oxygens (including phenoxy) is 1. The molecule has 1 aliphatic heterocycles. The summed E-state index contributed by atoms with van der Waals surface area (Å²) in [6, 6.07) is 23.2. The summed E-state index contributed by atoms with van der Waals surface area (Å²) < 4.78 is 5.39. The zero-order valence-electron chi connectivity index (χ0n) is 26.3. The lowest BCUT2D eigenvalue weighted by molar-refractivity contribution is 0.155. The van der Waals surface area contributed by atoms with Gasteiger partial charge in [0.1, 0.15) is 11.4 Å². The lowest BCUT2D eigenvalue weighted by Gasteiger charge is -2.32. The molecule has 6 heteroatoms. The van der Waals surface area contributed by atoms with Crippen LogP contribution >= 0.6 is 0 Å². The van der Waals surface area contributed by atoms with E-state index in [9.17, 15) is 0 Å². The van der Waals surface area contributed by atoms with E-state index in [2.05, 4.69) is 97.2 Å². The van der Waals surface area contributed by atoms with Crippen molar-refractivity contribution in [3.63, 3.8) is 0 Å². The number of nitrogens with zero attached hydrogens (tertiary/aromatic N) is 4. The fourth-order valence-corrected chi connectivity index (χ4v) is 5.15. The van der Waals surface area contributed by atoms with E-state index in [4.69, 9.17) is 14.7 Å². The van der Waals surface area contributed by atoms with Crippen molar-refractivity contribution < 1.29 is 4.74 Å². The van der Waals surface area contributed by atoms with Crippen molar-refractivity contribution in [1.82, 2.24) is 19.8 Å². The highest BCUT2D eigenvalue weighted by Gasteiger charge is 2.14. The van der Waals surface area contributed by atoms with E-state index < -0.39 is 0 Å². The maximum Gasteiger partial charge on any atom is 0.156 e. The summed E-state index contributed by atoms with van der Waals surface area (Å²) in [5.74, 6) is 1.69. The van der Waals surface area contributed by atoms with Gasteiger partial charge in [0, 0.05) is 44.9 Å². The van der Waals surface area contributed by atoms with Crippen LogP contribution in [-0.4, -0.2) is 72.4 Å². The summed E-state index contributed by atoms with van der Waals surface area (Å²) in [6.07, 6.45) is 4.99. The van der Waals surface area contributed by atoms with Gasteiger partial charge in [0.2, 0.25) is 0 Å². The third-order valence-electron chi connectivity index (χ3n) is 7.94. The molecule has 5 rings (SSSR count). The van der Waals surface area contributed by atoms with E-state index in [1.165, 1.54) is 22.3 Å². The van der Waals surface area contributed by atoms with Crippen LogP contribution in [0, 0.1) is 6.92 Å². The van der Waals surface area contributed by atoms with Gasteiger partial charge in [-0.15, -0.1) is 0 Å². The normalized spacial score (nSPS) is 15.0. The van der Waals surface area contributed by atoms with E-state index in [-0.39, 0.29) is 0 Å². The third-order valence-corrected chi connectivity index (χ3v) is 7.94. The molecule has 222 valence electrons. The Balaban J connectivity index is 0.000000437. The molecule has 0 unspecified atom stereocenters. The van der Waals surface area contributed by atoms with Gasteiger partial charge < -0.3 is 19.5 Å². The number of aryl methyl sites for hydroxylation is 2. The topological polar surface area (TPSA) is 56.8 Å². The van der Waals surface area contributed by atoms with Gasteiger partial charge in [-0.1, -0.05) is 55.5 Å². The number of allylic oxidation sites excluding steroid dienone is 1.